The van der Waals surface area contributed by atoms with E-state index in [1.165, 1.54) is 25.3 Å². The van der Waals surface area contributed by atoms with E-state index in [-0.39, 0.29) is 5.75 Å². The Kier molecular flexibility index (Phi) is 7.37. The predicted molar refractivity (Wildman–Crippen MR) is 97.8 cm³/mol. The highest BCUT2D eigenvalue weighted by Crippen LogP contribution is 2.18. The fourth-order valence-corrected chi connectivity index (χ4v) is 2.13. The predicted octanol–water partition coefficient (Wildman–Crippen LogP) is 2.72. The second kappa shape index (κ2) is 9.96. The van der Waals surface area contributed by atoms with Crippen LogP contribution in [0.3, 0.4) is 0 Å². The van der Waals surface area contributed by atoms with Crippen LogP contribution in [0.15, 0.2) is 48.5 Å². The highest BCUT2D eigenvalue weighted by atomic mass is 19.1. The summed E-state index contributed by atoms with van der Waals surface area (Å²) in [4.78, 5) is 23.4. The van der Waals surface area contributed by atoms with Gasteiger partial charge in [0.2, 0.25) is 0 Å². The molecule has 0 saturated carbocycles. The van der Waals surface area contributed by atoms with Crippen LogP contribution >= 0.6 is 0 Å². The average Bonchev–Trinajstić information content (AvgIpc) is 2.69. The molecule has 0 saturated heterocycles. The normalized spacial score (nSPS) is 10.5. The number of nitrogens with one attached hydrogen (secondary N) is 1. The fourth-order valence-electron chi connectivity index (χ4n) is 2.13. The van der Waals surface area contributed by atoms with Gasteiger partial charge in [-0.1, -0.05) is 18.2 Å². The SMILES string of the molecule is COc1ccc(CNC(=O)COC(=O)/C=C/c2ccc(OC)c(F)c2)cc1. The molecule has 0 fully saturated rings. The van der Waals surface area contributed by atoms with Gasteiger partial charge in [0.1, 0.15) is 5.75 Å². The van der Waals surface area contributed by atoms with Crippen LogP contribution < -0.4 is 14.8 Å². The molecule has 0 aliphatic carbocycles. The minimum absolute atomic E-state index is 0.114. The lowest BCUT2D eigenvalue weighted by molar-refractivity contribution is -0.143. The highest BCUT2D eigenvalue weighted by Gasteiger charge is 2.06. The lowest BCUT2D eigenvalue weighted by Crippen LogP contribution is -2.28. The molecule has 27 heavy (non-hydrogen) atoms. The van der Waals surface area contributed by atoms with Crippen molar-refractivity contribution >= 4 is 18.0 Å². The molecule has 6 nitrogen and oxygen atoms in total. The van der Waals surface area contributed by atoms with Crippen LogP contribution in [-0.2, 0) is 20.9 Å². The molecule has 0 atom stereocenters. The molecule has 142 valence electrons. The van der Waals surface area contributed by atoms with E-state index in [0.29, 0.717) is 12.1 Å². The largest absolute Gasteiger partial charge is 0.497 e. The standard InChI is InChI=1S/C20H20FNO5/c1-25-16-7-3-15(4-8-16)12-22-19(23)13-27-20(24)10-6-14-5-9-18(26-2)17(21)11-14/h3-11H,12-13H2,1-2H3,(H,22,23)/b10-6+. The summed E-state index contributed by atoms with van der Waals surface area (Å²) < 4.78 is 28.3. The fraction of sp³-hybridized carbons (Fsp3) is 0.200. The van der Waals surface area contributed by atoms with Crippen molar-refractivity contribution in [2.45, 2.75) is 6.54 Å². The summed E-state index contributed by atoms with van der Waals surface area (Å²) in [5.74, 6) is -0.828. The quantitative estimate of drug-likeness (QED) is 0.569. The van der Waals surface area contributed by atoms with Crippen molar-refractivity contribution in [3.05, 3.63) is 65.5 Å². The van der Waals surface area contributed by atoms with E-state index in [9.17, 15) is 14.0 Å². The van der Waals surface area contributed by atoms with Crippen molar-refractivity contribution in [2.75, 3.05) is 20.8 Å². The number of hydrogen-bond acceptors (Lipinski definition) is 5. The Balaban J connectivity index is 1.75. The first-order valence-corrected chi connectivity index (χ1v) is 8.10. The van der Waals surface area contributed by atoms with Crippen LogP contribution in [0.4, 0.5) is 4.39 Å². The monoisotopic (exact) mass is 373 g/mol. The molecule has 0 radical (unpaired) electrons. The molecule has 0 aromatic heterocycles. The zero-order valence-electron chi connectivity index (χ0n) is 15.0. The third-order valence-electron chi connectivity index (χ3n) is 3.58. The van der Waals surface area contributed by atoms with Gasteiger partial charge in [-0.15, -0.1) is 0 Å². The lowest BCUT2D eigenvalue weighted by atomic mass is 10.2. The Morgan fingerprint density at radius 3 is 2.44 bits per heavy atom. The van der Waals surface area contributed by atoms with Crippen molar-refractivity contribution in [2.24, 2.45) is 0 Å². The molecule has 0 bridgehead atoms. The van der Waals surface area contributed by atoms with Gasteiger partial charge < -0.3 is 19.5 Å². The van der Waals surface area contributed by atoms with Crippen molar-refractivity contribution < 1.29 is 28.2 Å². The molecule has 0 aliphatic rings. The number of rotatable bonds is 8. The molecule has 2 aromatic carbocycles. The van der Waals surface area contributed by atoms with Crippen LogP contribution in [-0.4, -0.2) is 32.7 Å². The smallest absolute Gasteiger partial charge is 0.331 e. The second-order valence-corrected chi connectivity index (χ2v) is 5.46. The van der Waals surface area contributed by atoms with Crippen molar-refractivity contribution in [3.8, 4) is 11.5 Å². The topological polar surface area (TPSA) is 73.9 Å². The van der Waals surface area contributed by atoms with Crippen LogP contribution in [0.25, 0.3) is 6.08 Å². The first kappa shape index (κ1) is 20.0. The van der Waals surface area contributed by atoms with Gasteiger partial charge >= 0.3 is 5.97 Å². The summed E-state index contributed by atoms with van der Waals surface area (Å²) in [6.07, 6.45) is 2.51. The number of esters is 1. The first-order chi connectivity index (χ1) is 13.0. The average molecular weight is 373 g/mol. The summed E-state index contributed by atoms with van der Waals surface area (Å²) in [7, 11) is 2.94. The van der Waals surface area contributed by atoms with Crippen LogP contribution in [0.1, 0.15) is 11.1 Å². The van der Waals surface area contributed by atoms with E-state index in [2.05, 4.69) is 5.32 Å². The van der Waals surface area contributed by atoms with Crippen LogP contribution in [0.5, 0.6) is 11.5 Å². The van der Waals surface area contributed by atoms with E-state index in [1.807, 2.05) is 12.1 Å². The molecule has 0 heterocycles. The molecule has 0 spiro atoms. The number of amides is 1. The number of carbonyl (C=O) groups excluding carboxylic acids is 2. The van der Waals surface area contributed by atoms with Crippen LogP contribution in [0.2, 0.25) is 0 Å². The molecule has 1 amide bonds. The minimum Gasteiger partial charge on any atom is -0.497 e. The Morgan fingerprint density at radius 2 is 1.81 bits per heavy atom. The molecule has 7 heteroatoms. The maximum absolute atomic E-state index is 13.6. The molecular formula is C20H20FNO5. The van der Waals surface area contributed by atoms with Crippen molar-refractivity contribution in [1.29, 1.82) is 0 Å². The zero-order valence-corrected chi connectivity index (χ0v) is 15.0. The Hall–Kier alpha value is -3.35. The number of carbonyl (C=O) groups is 2. The highest BCUT2D eigenvalue weighted by molar-refractivity contribution is 5.89. The summed E-state index contributed by atoms with van der Waals surface area (Å²) in [6.45, 7) is -0.0996. The molecule has 1 N–H and O–H groups in total. The van der Waals surface area contributed by atoms with Gasteiger partial charge in [-0.2, -0.15) is 0 Å². The van der Waals surface area contributed by atoms with Gasteiger partial charge in [0.25, 0.3) is 5.91 Å². The number of methoxy groups -OCH3 is 2. The van der Waals surface area contributed by atoms with Gasteiger partial charge in [0.05, 0.1) is 14.2 Å². The van der Waals surface area contributed by atoms with Gasteiger partial charge in [-0.3, -0.25) is 4.79 Å². The van der Waals surface area contributed by atoms with E-state index in [1.54, 1.807) is 25.3 Å². The van der Waals surface area contributed by atoms with E-state index >= 15 is 0 Å². The van der Waals surface area contributed by atoms with Gasteiger partial charge in [0, 0.05) is 12.6 Å². The third-order valence-corrected chi connectivity index (χ3v) is 3.58. The molecule has 0 unspecified atom stereocenters. The van der Waals surface area contributed by atoms with Gasteiger partial charge in [-0.25, -0.2) is 9.18 Å². The summed E-state index contributed by atoms with van der Waals surface area (Å²) in [5.41, 5.74) is 1.35. The maximum atomic E-state index is 13.6. The van der Waals surface area contributed by atoms with E-state index < -0.39 is 24.3 Å². The molecular weight excluding hydrogens is 353 g/mol. The van der Waals surface area contributed by atoms with Crippen molar-refractivity contribution in [1.82, 2.24) is 5.32 Å². The zero-order chi connectivity index (χ0) is 19.6. The third kappa shape index (κ3) is 6.47. The number of hydrogen-bond donors (Lipinski definition) is 1. The number of benzene rings is 2. The lowest BCUT2D eigenvalue weighted by Gasteiger charge is -2.06. The number of ether oxygens (including phenoxy) is 3. The number of halogens is 1. The van der Waals surface area contributed by atoms with Gasteiger partial charge in [0.15, 0.2) is 18.2 Å². The van der Waals surface area contributed by atoms with E-state index in [0.717, 1.165) is 17.4 Å². The maximum Gasteiger partial charge on any atom is 0.331 e. The molecule has 2 rings (SSSR count). The summed E-state index contributed by atoms with van der Waals surface area (Å²) in [6, 6.07) is 11.5. The Labute approximate surface area is 156 Å². The van der Waals surface area contributed by atoms with Crippen molar-refractivity contribution in [3.63, 3.8) is 0 Å². The minimum atomic E-state index is -0.703. The summed E-state index contributed by atoms with van der Waals surface area (Å²) >= 11 is 0. The second-order valence-electron chi connectivity index (χ2n) is 5.46. The van der Waals surface area contributed by atoms with E-state index in [4.69, 9.17) is 14.2 Å². The Bertz CT molecular complexity index is 818. The Morgan fingerprint density at radius 1 is 1.07 bits per heavy atom. The first-order valence-electron chi connectivity index (χ1n) is 8.10. The molecule has 2 aromatic rings. The van der Waals surface area contributed by atoms with Crippen LogP contribution in [0, 0.1) is 5.82 Å². The van der Waals surface area contributed by atoms with Gasteiger partial charge in [-0.05, 0) is 41.5 Å². The molecule has 0 aliphatic heterocycles. The summed E-state index contributed by atoms with van der Waals surface area (Å²) in [5, 5.41) is 2.64.